The summed E-state index contributed by atoms with van der Waals surface area (Å²) >= 11 is 5.78. The van der Waals surface area contributed by atoms with Gasteiger partial charge < -0.3 is 0 Å². The first-order valence-electron chi connectivity index (χ1n) is 5.02. The number of hydrogen-bond acceptors (Lipinski definition) is 3. The molecule has 0 atom stereocenters. The number of aryl methyl sites for hydroxylation is 2. The van der Waals surface area contributed by atoms with Crippen molar-refractivity contribution in [3.63, 3.8) is 0 Å². The normalized spacial score (nSPS) is 10.4. The predicted octanol–water partition coefficient (Wildman–Crippen LogP) is 2.89. The van der Waals surface area contributed by atoms with Crippen LogP contribution in [0.3, 0.4) is 0 Å². The van der Waals surface area contributed by atoms with Gasteiger partial charge in [-0.1, -0.05) is 0 Å². The highest BCUT2D eigenvalue weighted by molar-refractivity contribution is 6.16. The highest BCUT2D eigenvalue weighted by Crippen LogP contribution is 2.15. The number of hydrogen-bond donors (Lipinski definition) is 0. The maximum atomic E-state index is 5.78. The van der Waals surface area contributed by atoms with Crippen molar-refractivity contribution >= 4 is 11.6 Å². The van der Waals surface area contributed by atoms with Crippen LogP contribution in [0.4, 0.5) is 0 Å². The summed E-state index contributed by atoms with van der Waals surface area (Å²) < 4.78 is 0. The number of alkyl halides is 1. The van der Waals surface area contributed by atoms with Gasteiger partial charge in [0.05, 0.1) is 11.6 Å². The van der Waals surface area contributed by atoms with Crippen LogP contribution in [0.25, 0.3) is 11.5 Å². The summed E-state index contributed by atoms with van der Waals surface area (Å²) in [5, 5.41) is 0. The van der Waals surface area contributed by atoms with Gasteiger partial charge >= 0.3 is 0 Å². The first-order chi connectivity index (χ1) is 7.69. The third kappa shape index (κ3) is 2.36. The maximum absolute atomic E-state index is 5.78. The van der Waals surface area contributed by atoms with Crippen molar-refractivity contribution in [1.82, 2.24) is 15.0 Å². The minimum Gasteiger partial charge on any atom is -0.253 e. The lowest BCUT2D eigenvalue weighted by molar-refractivity contribution is 1.03. The van der Waals surface area contributed by atoms with E-state index in [0.29, 0.717) is 11.7 Å². The van der Waals surface area contributed by atoms with Crippen LogP contribution in [0.2, 0.25) is 0 Å². The first kappa shape index (κ1) is 11.0. The van der Waals surface area contributed by atoms with Crippen molar-refractivity contribution in [2.45, 2.75) is 19.7 Å². The second-order valence-corrected chi connectivity index (χ2v) is 3.94. The minimum atomic E-state index is 0.391. The fraction of sp³-hybridized carbons (Fsp3) is 0.250. The zero-order chi connectivity index (χ0) is 11.5. The van der Waals surface area contributed by atoms with Crippen molar-refractivity contribution < 1.29 is 0 Å². The maximum Gasteiger partial charge on any atom is 0.178 e. The largest absolute Gasteiger partial charge is 0.253 e. The standard InChI is InChI=1S/C12H12ClN3/c1-8-3-4-14-11(5-8)12-15-9(2)6-10(7-13)16-12/h3-6H,7H2,1-2H3. The summed E-state index contributed by atoms with van der Waals surface area (Å²) in [6, 6.07) is 5.79. The molecule has 0 aromatic carbocycles. The summed E-state index contributed by atoms with van der Waals surface area (Å²) in [6.07, 6.45) is 1.76. The van der Waals surface area contributed by atoms with Gasteiger partial charge in [-0.3, -0.25) is 4.98 Å². The van der Waals surface area contributed by atoms with Gasteiger partial charge in [0.25, 0.3) is 0 Å². The molecule has 0 bridgehead atoms. The molecule has 2 aromatic rings. The molecule has 0 aliphatic heterocycles. The van der Waals surface area contributed by atoms with E-state index in [4.69, 9.17) is 11.6 Å². The fourth-order valence-electron chi connectivity index (χ4n) is 1.48. The minimum absolute atomic E-state index is 0.391. The van der Waals surface area contributed by atoms with Gasteiger partial charge in [0.15, 0.2) is 5.82 Å². The lowest BCUT2D eigenvalue weighted by Gasteiger charge is -2.03. The molecule has 0 amide bonds. The van der Waals surface area contributed by atoms with Crippen molar-refractivity contribution in [2.75, 3.05) is 0 Å². The molecule has 0 N–H and O–H groups in total. The van der Waals surface area contributed by atoms with E-state index < -0.39 is 0 Å². The SMILES string of the molecule is Cc1ccnc(-c2nc(C)cc(CCl)n2)c1. The van der Waals surface area contributed by atoms with Gasteiger partial charge in [0.2, 0.25) is 0 Å². The molecule has 2 aromatic heterocycles. The summed E-state index contributed by atoms with van der Waals surface area (Å²) in [4.78, 5) is 13.0. The second kappa shape index (κ2) is 4.58. The Labute approximate surface area is 99.5 Å². The Morgan fingerprint density at radius 3 is 2.69 bits per heavy atom. The van der Waals surface area contributed by atoms with Crippen LogP contribution in [0, 0.1) is 13.8 Å². The topological polar surface area (TPSA) is 38.7 Å². The number of rotatable bonds is 2. The van der Waals surface area contributed by atoms with E-state index in [1.165, 1.54) is 0 Å². The van der Waals surface area contributed by atoms with Crippen LogP contribution < -0.4 is 0 Å². The Bertz CT molecular complexity index is 511. The zero-order valence-electron chi connectivity index (χ0n) is 9.24. The van der Waals surface area contributed by atoms with Gasteiger partial charge in [0.1, 0.15) is 5.69 Å². The highest BCUT2D eigenvalue weighted by Gasteiger charge is 2.05. The van der Waals surface area contributed by atoms with Gasteiger partial charge in [-0.2, -0.15) is 0 Å². The van der Waals surface area contributed by atoms with Crippen LogP contribution in [-0.2, 0) is 5.88 Å². The number of halogens is 1. The Hall–Kier alpha value is -1.48. The molecule has 0 radical (unpaired) electrons. The number of pyridine rings is 1. The predicted molar refractivity (Wildman–Crippen MR) is 64.3 cm³/mol. The fourth-order valence-corrected chi connectivity index (χ4v) is 1.61. The molecule has 82 valence electrons. The van der Waals surface area contributed by atoms with Crippen LogP contribution >= 0.6 is 11.6 Å². The third-order valence-electron chi connectivity index (χ3n) is 2.19. The Morgan fingerprint density at radius 1 is 1.19 bits per heavy atom. The summed E-state index contributed by atoms with van der Waals surface area (Å²) in [5.74, 6) is 1.03. The second-order valence-electron chi connectivity index (χ2n) is 3.68. The molecule has 3 nitrogen and oxygen atoms in total. The van der Waals surface area contributed by atoms with E-state index in [1.807, 2.05) is 32.0 Å². The lowest BCUT2D eigenvalue weighted by atomic mass is 10.2. The Kier molecular flexibility index (Phi) is 3.15. The summed E-state index contributed by atoms with van der Waals surface area (Å²) in [5.41, 5.74) is 3.66. The van der Waals surface area contributed by atoms with E-state index in [0.717, 1.165) is 22.6 Å². The van der Waals surface area contributed by atoms with Crippen molar-refractivity contribution in [3.05, 3.63) is 41.3 Å². The molecule has 0 spiro atoms. The van der Waals surface area contributed by atoms with Crippen molar-refractivity contribution in [2.24, 2.45) is 0 Å². The first-order valence-corrected chi connectivity index (χ1v) is 5.56. The van der Waals surface area contributed by atoms with Crippen LogP contribution in [0.15, 0.2) is 24.4 Å². The van der Waals surface area contributed by atoms with Gasteiger partial charge in [-0.05, 0) is 37.6 Å². The van der Waals surface area contributed by atoms with Crippen molar-refractivity contribution in [3.8, 4) is 11.5 Å². The molecule has 0 fully saturated rings. The van der Waals surface area contributed by atoms with Gasteiger partial charge in [0, 0.05) is 11.9 Å². The van der Waals surface area contributed by atoms with Crippen LogP contribution in [-0.4, -0.2) is 15.0 Å². The van der Waals surface area contributed by atoms with E-state index >= 15 is 0 Å². The van der Waals surface area contributed by atoms with Crippen LogP contribution in [0.1, 0.15) is 17.0 Å². The number of aromatic nitrogens is 3. The molecular weight excluding hydrogens is 222 g/mol. The number of nitrogens with zero attached hydrogens (tertiary/aromatic N) is 3. The van der Waals surface area contributed by atoms with Crippen molar-refractivity contribution in [1.29, 1.82) is 0 Å². The van der Waals surface area contributed by atoms with E-state index in [9.17, 15) is 0 Å². The molecule has 16 heavy (non-hydrogen) atoms. The van der Waals surface area contributed by atoms with Gasteiger partial charge in [-0.15, -0.1) is 11.6 Å². The zero-order valence-corrected chi connectivity index (χ0v) is 9.99. The Morgan fingerprint density at radius 2 is 2.00 bits per heavy atom. The molecule has 0 aliphatic carbocycles. The average Bonchev–Trinajstić information content (AvgIpc) is 2.28. The third-order valence-corrected chi connectivity index (χ3v) is 2.46. The molecule has 0 unspecified atom stereocenters. The molecular formula is C12H12ClN3. The van der Waals surface area contributed by atoms with Crippen LogP contribution in [0.5, 0.6) is 0 Å². The molecule has 4 heteroatoms. The summed E-state index contributed by atoms with van der Waals surface area (Å²) in [6.45, 7) is 3.94. The van der Waals surface area contributed by atoms with Gasteiger partial charge in [-0.25, -0.2) is 9.97 Å². The molecule has 0 aliphatic rings. The Balaban J connectivity index is 2.51. The molecule has 0 saturated carbocycles. The summed E-state index contributed by atoms with van der Waals surface area (Å²) in [7, 11) is 0. The lowest BCUT2D eigenvalue weighted by Crippen LogP contribution is -1.97. The molecule has 2 heterocycles. The van der Waals surface area contributed by atoms with E-state index in [-0.39, 0.29) is 0 Å². The monoisotopic (exact) mass is 233 g/mol. The highest BCUT2D eigenvalue weighted by atomic mass is 35.5. The smallest absolute Gasteiger partial charge is 0.178 e. The average molecular weight is 234 g/mol. The quantitative estimate of drug-likeness (QED) is 0.749. The van der Waals surface area contributed by atoms with E-state index in [2.05, 4.69) is 15.0 Å². The van der Waals surface area contributed by atoms with E-state index in [1.54, 1.807) is 6.20 Å². The molecule has 0 saturated heterocycles. The molecule has 2 rings (SSSR count).